The molecule has 9 nitrogen and oxygen atoms in total. The molecule has 0 saturated carbocycles. The van der Waals surface area contributed by atoms with Crippen molar-refractivity contribution in [3.63, 3.8) is 0 Å². The monoisotopic (exact) mass is 552 g/mol. The maximum Gasteiger partial charge on any atom is 0.339 e. The Balaban J connectivity index is 1.40. The van der Waals surface area contributed by atoms with E-state index in [1.807, 2.05) is 6.92 Å². The van der Waals surface area contributed by atoms with Gasteiger partial charge < -0.3 is 19.0 Å². The van der Waals surface area contributed by atoms with Crippen LogP contribution in [0, 0.1) is 0 Å². The average Bonchev–Trinajstić information content (AvgIpc) is 2.89. The van der Waals surface area contributed by atoms with E-state index >= 15 is 0 Å². The molecule has 11 heteroatoms. The summed E-state index contributed by atoms with van der Waals surface area (Å²) in [5.74, 6) is 0.0307. The fourth-order valence-corrected chi connectivity index (χ4v) is 5.24. The number of hydrogen-bond donors (Lipinski definition) is 2. The molecule has 0 saturated heterocycles. The summed E-state index contributed by atoms with van der Waals surface area (Å²) >= 11 is 0. The number of aryl methyl sites for hydroxylation is 1. The molecule has 38 heavy (non-hydrogen) atoms. The topological polar surface area (TPSA) is 128 Å². The zero-order valence-electron chi connectivity index (χ0n) is 20.2. The average molecular weight is 553 g/mol. The van der Waals surface area contributed by atoms with Gasteiger partial charge in [0.25, 0.3) is 0 Å². The molecular weight excluding hydrogens is 528 g/mol. The molecule has 0 spiro atoms. The molecule has 196 valence electrons. The Morgan fingerprint density at radius 2 is 1.11 bits per heavy atom. The zero-order chi connectivity index (χ0) is 27.2. The number of nitrogens with one attached hydrogen (secondary N) is 2. The van der Waals surface area contributed by atoms with Gasteiger partial charge >= 0.3 is 26.3 Å². The van der Waals surface area contributed by atoms with E-state index in [0.29, 0.717) is 0 Å². The molecule has 0 aliphatic carbocycles. The van der Waals surface area contributed by atoms with Crippen molar-refractivity contribution < 1.29 is 30.0 Å². The summed E-state index contributed by atoms with van der Waals surface area (Å²) in [7, 11) is -8.11. The minimum atomic E-state index is -4.06. The minimum absolute atomic E-state index is 0.00167. The number of anilines is 2. The van der Waals surface area contributed by atoms with Crippen LogP contribution < -0.4 is 19.0 Å². The Labute approximate surface area is 221 Å². The van der Waals surface area contributed by atoms with Crippen LogP contribution in [0.1, 0.15) is 12.5 Å². The minimum Gasteiger partial charge on any atom is -0.379 e. The van der Waals surface area contributed by atoms with Gasteiger partial charge in [0, 0.05) is 23.5 Å². The van der Waals surface area contributed by atoms with Crippen LogP contribution in [-0.4, -0.2) is 22.9 Å². The standard InChI is InChI=1S/C27H24N2O7S2/c1-2-20-14-16-26(17-15-20)38(33,34)36-24-11-7-9-22(19-24)29-27(30)28-21-8-6-10-23(18-21)35-37(31,32)25-12-4-3-5-13-25/h3-19H,2H2,1H3,(H2,28,29,30). The number of carbonyl (C=O) groups is 1. The Bertz CT molecular complexity index is 1640. The number of hydrogen-bond acceptors (Lipinski definition) is 7. The fraction of sp³-hybridized carbons (Fsp3) is 0.0741. The third-order valence-corrected chi connectivity index (χ3v) is 7.77. The molecular formula is C27H24N2O7S2. The highest BCUT2D eigenvalue weighted by Crippen LogP contribution is 2.24. The van der Waals surface area contributed by atoms with Crippen LogP contribution >= 0.6 is 0 Å². The van der Waals surface area contributed by atoms with Crippen molar-refractivity contribution in [1.29, 1.82) is 0 Å². The van der Waals surface area contributed by atoms with Gasteiger partial charge in [0.2, 0.25) is 0 Å². The quantitative estimate of drug-likeness (QED) is 0.265. The highest BCUT2D eigenvalue weighted by molar-refractivity contribution is 7.87. The van der Waals surface area contributed by atoms with Crippen molar-refractivity contribution in [3.05, 3.63) is 109 Å². The van der Waals surface area contributed by atoms with E-state index in [9.17, 15) is 21.6 Å². The second-order valence-electron chi connectivity index (χ2n) is 8.02. The van der Waals surface area contributed by atoms with Crippen LogP contribution in [0.4, 0.5) is 16.2 Å². The van der Waals surface area contributed by atoms with E-state index in [4.69, 9.17) is 8.37 Å². The van der Waals surface area contributed by atoms with E-state index in [1.165, 1.54) is 60.7 Å². The first-order valence-corrected chi connectivity index (χ1v) is 14.3. The number of rotatable bonds is 9. The van der Waals surface area contributed by atoms with Gasteiger partial charge in [-0.15, -0.1) is 0 Å². The lowest BCUT2D eigenvalue weighted by Gasteiger charge is -2.11. The van der Waals surface area contributed by atoms with Gasteiger partial charge in [-0.3, -0.25) is 0 Å². The van der Waals surface area contributed by atoms with Crippen LogP contribution in [0.5, 0.6) is 11.5 Å². The third-order valence-electron chi connectivity index (χ3n) is 5.25. The van der Waals surface area contributed by atoms with Crippen LogP contribution in [0.3, 0.4) is 0 Å². The van der Waals surface area contributed by atoms with E-state index in [0.717, 1.165) is 12.0 Å². The lowest BCUT2D eigenvalue weighted by molar-refractivity contribution is 0.262. The zero-order valence-corrected chi connectivity index (χ0v) is 21.8. The van der Waals surface area contributed by atoms with Crippen molar-refractivity contribution >= 4 is 37.6 Å². The second-order valence-corrected chi connectivity index (χ2v) is 11.1. The summed E-state index contributed by atoms with van der Waals surface area (Å²) in [6.07, 6.45) is 0.779. The van der Waals surface area contributed by atoms with Crippen molar-refractivity contribution in [2.75, 3.05) is 10.6 Å². The van der Waals surface area contributed by atoms with Crippen LogP contribution in [0.2, 0.25) is 0 Å². The summed E-state index contributed by atoms with van der Waals surface area (Å²) in [6, 6.07) is 25.2. The molecule has 4 aromatic rings. The number of carbonyl (C=O) groups excluding carboxylic acids is 1. The molecule has 0 aliphatic heterocycles. The largest absolute Gasteiger partial charge is 0.379 e. The van der Waals surface area contributed by atoms with Gasteiger partial charge in [0.1, 0.15) is 21.3 Å². The molecule has 0 atom stereocenters. The maximum atomic E-state index is 12.6. The Kier molecular flexibility index (Phi) is 7.99. The molecule has 2 amide bonds. The lowest BCUT2D eigenvalue weighted by Crippen LogP contribution is -2.19. The van der Waals surface area contributed by atoms with Crippen molar-refractivity contribution in [3.8, 4) is 11.5 Å². The van der Waals surface area contributed by atoms with E-state index in [2.05, 4.69) is 10.6 Å². The molecule has 0 bridgehead atoms. The van der Waals surface area contributed by atoms with Gasteiger partial charge in [-0.1, -0.05) is 49.4 Å². The third kappa shape index (κ3) is 6.90. The SMILES string of the molecule is CCc1ccc(S(=O)(=O)Oc2cccc(NC(=O)Nc3cccc(OS(=O)(=O)c4ccccc4)c3)c2)cc1. The van der Waals surface area contributed by atoms with E-state index < -0.39 is 26.3 Å². The Hall–Kier alpha value is -4.35. The summed E-state index contributed by atoms with van der Waals surface area (Å²) in [4.78, 5) is 12.6. The number of benzene rings is 4. The fourth-order valence-electron chi connectivity index (χ4n) is 3.37. The maximum absolute atomic E-state index is 12.6. The van der Waals surface area contributed by atoms with Crippen molar-refractivity contribution in [2.45, 2.75) is 23.1 Å². The predicted molar refractivity (Wildman–Crippen MR) is 143 cm³/mol. The Morgan fingerprint density at radius 1 is 0.632 bits per heavy atom. The first-order valence-electron chi connectivity index (χ1n) is 11.5. The first kappa shape index (κ1) is 26.7. The predicted octanol–water partition coefficient (Wildman–Crippen LogP) is 5.43. The normalized spacial score (nSPS) is 11.4. The van der Waals surface area contributed by atoms with Crippen LogP contribution in [-0.2, 0) is 26.7 Å². The van der Waals surface area contributed by atoms with Gasteiger partial charge in [0.15, 0.2) is 0 Å². The smallest absolute Gasteiger partial charge is 0.339 e. The molecule has 0 fully saturated rings. The van der Waals surface area contributed by atoms with E-state index in [-0.39, 0.29) is 32.7 Å². The summed E-state index contributed by atoms with van der Waals surface area (Å²) in [5.41, 5.74) is 1.54. The molecule has 0 aromatic heterocycles. The Morgan fingerprint density at radius 3 is 1.58 bits per heavy atom. The van der Waals surface area contributed by atoms with Crippen LogP contribution in [0.15, 0.2) is 113 Å². The summed E-state index contributed by atoms with van der Waals surface area (Å²) < 4.78 is 60.5. The van der Waals surface area contributed by atoms with E-state index in [1.54, 1.807) is 42.5 Å². The van der Waals surface area contributed by atoms with Gasteiger partial charge in [0.05, 0.1) is 0 Å². The molecule has 0 radical (unpaired) electrons. The summed E-state index contributed by atoms with van der Waals surface area (Å²) in [6.45, 7) is 1.97. The molecule has 4 rings (SSSR count). The lowest BCUT2D eigenvalue weighted by atomic mass is 10.2. The molecule has 0 unspecified atom stereocenters. The number of urea groups is 1. The van der Waals surface area contributed by atoms with Gasteiger partial charge in [-0.2, -0.15) is 16.8 Å². The van der Waals surface area contributed by atoms with Gasteiger partial charge in [-0.25, -0.2) is 4.79 Å². The second kappa shape index (κ2) is 11.4. The summed E-state index contributed by atoms with van der Waals surface area (Å²) in [5, 5.41) is 5.16. The van der Waals surface area contributed by atoms with Crippen LogP contribution in [0.25, 0.3) is 0 Å². The van der Waals surface area contributed by atoms with Crippen molar-refractivity contribution in [2.24, 2.45) is 0 Å². The first-order chi connectivity index (χ1) is 18.1. The highest BCUT2D eigenvalue weighted by atomic mass is 32.2. The van der Waals surface area contributed by atoms with Crippen molar-refractivity contribution in [1.82, 2.24) is 0 Å². The number of amides is 2. The highest BCUT2D eigenvalue weighted by Gasteiger charge is 2.18. The molecule has 2 N–H and O–H groups in total. The molecule has 0 heterocycles. The van der Waals surface area contributed by atoms with Gasteiger partial charge in [-0.05, 0) is 60.5 Å². The molecule has 0 aliphatic rings. The molecule has 4 aromatic carbocycles.